The van der Waals surface area contributed by atoms with Crippen LogP contribution in [0.4, 0.5) is 5.69 Å². The predicted octanol–water partition coefficient (Wildman–Crippen LogP) is 2.44. The maximum Gasteiger partial charge on any atom is 0.248 e. The Morgan fingerprint density at radius 1 is 1.10 bits per heavy atom. The highest BCUT2D eigenvalue weighted by Crippen LogP contribution is 2.37. The molecule has 0 unspecified atom stereocenters. The molecule has 2 aromatic carbocycles. The number of anilines is 1. The zero-order chi connectivity index (χ0) is 14.8. The summed E-state index contributed by atoms with van der Waals surface area (Å²) in [4.78, 5) is 24.4. The molecule has 0 spiro atoms. The molecule has 2 aromatic rings. The van der Waals surface area contributed by atoms with Gasteiger partial charge < -0.3 is 11.1 Å². The third-order valence-corrected chi connectivity index (χ3v) is 4.69. The second-order valence-corrected chi connectivity index (χ2v) is 6.09. The van der Waals surface area contributed by atoms with E-state index in [1.807, 2.05) is 18.2 Å². The molecule has 0 saturated heterocycles. The van der Waals surface area contributed by atoms with Crippen LogP contribution in [0.3, 0.4) is 0 Å². The minimum absolute atomic E-state index is 0.0250. The normalized spacial score (nSPS) is 16.3. The third kappa shape index (κ3) is 2.92. The summed E-state index contributed by atoms with van der Waals surface area (Å²) in [5, 5.41) is 2.76. The van der Waals surface area contributed by atoms with Gasteiger partial charge in [-0.05, 0) is 42.3 Å². The van der Waals surface area contributed by atoms with Gasteiger partial charge in [0.25, 0.3) is 0 Å². The van der Waals surface area contributed by atoms with E-state index in [0.717, 1.165) is 6.42 Å². The Kier molecular flexibility index (Phi) is 3.66. The molecule has 3 N–H and O–H groups in total. The van der Waals surface area contributed by atoms with Gasteiger partial charge in [-0.3, -0.25) is 9.59 Å². The topological polar surface area (TPSA) is 72.2 Å². The van der Waals surface area contributed by atoms with Gasteiger partial charge in [-0.15, -0.1) is 11.8 Å². The summed E-state index contributed by atoms with van der Waals surface area (Å²) >= 11 is 1.59. The smallest absolute Gasteiger partial charge is 0.248 e. The van der Waals surface area contributed by atoms with Crippen LogP contribution < -0.4 is 11.1 Å². The number of benzene rings is 2. The van der Waals surface area contributed by atoms with Crippen LogP contribution in [-0.4, -0.2) is 17.1 Å². The summed E-state index contributed by atoms with van der Waals surface area (Å²) < 4.78 is 0. The van der Waals surface area contributed by atoms with E-state index in [-0.39, 0.29) is 11.2 Å². The van der Waals surface area contributed by atoms with E-state index >= 15 is 0 Å². The molecule has 1 aliphatic rings. The molecule has 2 amide bonds. The first kappa shape index (κ1) is 13.7. The van der Waals surface area contributed by atoms with E-state index in [1.165, 1.54) is 10.5 Å². The van der Waals surface area contributed by atoms with Crippen molar-refractivity contribution in [1.29, 1.82) is 0 Å². The summed E-state index contributed by atoms with van der Waals surface area (Å²) in [6, 6.07) is 14.6. The molecule has 5 heteroatoms. The zero-order valence-electron chi connectivity index (χ0n) is 11.2. The highest BCUT2D eigenvalue weighted by molar-refractivity contribution is 8.01. The lowest BCUT2D eigenvalue weighted by Gasteiger charge is -2.10. The van der Waals surface area contributed by atoms with Crippen LogP contribution in [0, 0.1) is 0 Å². The lowest BCUT2D eigenvalue weighted by Crippen LogP contribution is -2.24. The van der Waals surface area contributed by atoms with Crippen molar-refractivity contribution in [3.05, 3.63) is 59.7 Å². The molecule has 0 bridgehead atoms. The van der Waals surface area contributed by atoms with Gasteiger partial charge in [-0.25, -0.2) is 0 Å². The van der Waals surface area contributed by atoms with Crippen molar-refractivity contribution in [2.24, 2.45) is 5.73 Å². The minimum Gasteiger partial charge on any atom is -0.366 e. The number of hydrogen-bond acceptors (Lipinski definition) is 3. The van der Waals surface area contributed by atoms with Crippen LogP contribution in [0.15, 0.2) is 53.4 Å². The van der Waals surface area contributed by atoms with Crippen molar-refractivity contribution in [2.45, 2.75) is 16.6 Å². The van der Waals surface area contributed by atoms with Gasteiger partial charge in [0.2, 0.25) is 11.8 Å². The highest BCUT2D eigenvalue weighted by Gasteiger charge is 2.27. The lowest BCUT2D eigenvalue weighted by molar-refractivity contribution is -0.115. The number of nitrogens with one attached hydrogen (secondary N) is 1. The van der Waals surface area contributed by atoms with Gasteiger partial charge in [0, 0.05) is 16.1 Å². The molecular weight excluding hydrogens is 284 g/mol. The number of amides is 2. The summed E-state index contributed by atoms with van der Waals surface area (Å²) in [7, 11) is 0. The Morgan fingerprint density at radius 3 is 2.48 bits per heavy atom. The summed E-state index contributed by atoms with van der Waals surface area (Å²) in [5.41, 5.74) is 7.49. The van der Waals surface area contributed by atoms with Crippen LogP contribution in [0.25, 0.3) is 0 Å². The van der Waals surface area contributed by atoms with Gasteiger partial charge in [0.15, 0.2) is 0 Å². The molecule has 0 saturated carbocycles. The first-order chi connectivity index (χ1) is 10.1. The zero-order valence-corrected chi connectivity index (χ0v) is 12.0. The number of fused-ring (bicyclic) bond motifs is 1. The van der Waals surface area contributed by atoms with Crippen LogP contribution in [0.1, 0.15) is 15.9 Å². The predicted molar refractivity (Wildman–Crippen MR) is 83.4 cm³/mol. The number of rotatable bonds is 3. The minimum atomic E-state index is -0.477. The Hall–Kier alpha value is -2.27. The van der Waals surface area contributed by atoms with E-state index < -0.39 is 5.91 Å². The first-order valence-electron chi connectivity index (χ1n) is 6.59. The molecule has 0 aromatic heterocycles. The molecule has 21 heavy (non-hydrogen) atoms. The monoisotopic (exact) mass is 298 g/mol. The number of hydrogen-bond donors (Lipinski definition) is 2. The molecule has 0 aliphatic carbocycles. The molecular formula is C16H14N2O2S. The first-order valence-corrected chi connectivity index (χ1v) is 7.47. The number of thioether (sulfide) groups is 1. The summed E-state index contributed by atoms with van der Waals surface area (Å²) in [5.74, 6) is -0.502. The maximum absolute atomic E-state index is 12.3. The average Bonchev–Trinajstić information content (AvgIpc) is 2.92. The number of carbonyl (C=O) groups is 2. The van der Waals surface area contributed by atoms with Crippen LogP contribution in [0.2, 0.25) is 0 Å². The van der Waals surface area contributed by atoms with Gasteiger partial charge in [-0.1, -0.05) is 18.2 Å². The molecule has 3 rings (SSSR count). The second kappa shape index (κ2) is 5.61. The highest BCUT2D eigenvalue weighted by atomic mass is 32.2. The molecule has 0 fully saturated rings. The summed E-state index contributed by atoms with van der Waals surface area (Å²) in [6.45, 7) is 0. The van der Waals surface area contributed by atoms with Crippen molar-refractivity contribution >= 4 is 29.3 Å². The number of nitrogens with two attached hydrogens (primary N) is 1. The average molecular weight is 298 g/mol. The van der Waals surface area contributed by atoms with Crippen molar-refractivity contribution < 1.29 is 9.59 Å². The fourth-order valence-electron chi connectivity index (χ4n) is 2.27. The fraction of sp³-hybridized carbons (Fsp3) is 0.125. The second-order valence-electron chi connectivity index (χ2n) is 4.85. The van der Waals surface area contributed by atoms with Gasteiger partial charge in [0.1, 0.15) is 0 Å². The molecule has 4 nitrogen and oxygen atoms in total. The number of primary amides is 1. The largest absolute Gasteiger partial charge is 0.366 e. The SMILES string of the molecule is NC(=O)c1ccc(NC(=O)[C@H]2Cc3ccccc3S2)cc1. The molecule has 1 atom stereocenters. The lowest BCUT2D eigenvalue weighted by atomic mass is 10.1. The maximum atomic E-state index is 12.3. The van der Waals surface area contributed by atoms with E-state index in [9.17, 15) is 9.59 Å². The standard InChI is InChI=1S/C16H14N2O2S/c17-15(19)10-5-7-12(8-6-10)18-16(20)14-9-11-3-1-2-4-13(11)21-14/h1-8,14H,9H2,(H2,17,19)(H,18,20)/t14-/m1/s1. The van der Waals surface area contributed by atoms with E-state index in [4.69, 9.17) is 5.73 Å². The Bertz CT molecular complexity index is 673. The summed E-state index contributed by atoms with van der Waals surface area (Å²) in [6.07, 6.45) is 0.742. The molecule has 0 radical (unpaired) electrons. The Morgan fingerprint density at radius 2 is 1.81 bits per heavy atom. The molecule has 106 valence electrons. The van der Waals surface area contributed by atoms with Crippen LogP contribution >= 0.6 is 11.8 Å². The number of carbonyl (C=O) groups excluding carboxylic acids is 2. The van der Waals surface area contributed by atoms with Crippen LogP contribution in [0.5, 0.6) is 0 Å². The Balaban J connectivity index is 1.66. The van der Waals surface area contributed by atoms with E-state index in [1.54, 1.807) is 36.0 Å². The molecule has 1 aliphatic heterocycles. The van der Waals surface area contributed by atoms with Gasteiger partial charge in [0.05, 0.1) is 5.25 Å². The van der Waals surface area contributed by atoms with Gasteiger partial charge in [-0.2, -0.15) is 0 Å². The van der Waals surface area contributed by atoms with E-state index in [2.05, 4.69) is 11.4 Å². The van der Waals surface area contributed by atoms with Crippen molar-refractivity contribution in [1.82, 2.24) is 0 Å². The van der Waals surface area contributed by atoms with E-state index in [0.29, 0.717) is 11.3 Å². The van der Waals surface area contributed by atoms with Gasteiger partial charge >= 0.3 is 0 Å². The molecule has 1 heterocycles. The van der Waals surface area contributed by atoms with Crippen molar-refractivity contribution in [3.8, 4) is 0 Å². The quantitative estimate of drug-likeness (QED) is 0.914. The third-order valence-electron chi connectivity index (χ3n) is 3.38. The van der Waals surface area contributed by atoms with Crippen LogP contribution in [-0.2, 0) is 11.2 Å². The Labute approximate surface area is 126 Å². The fourth-order valence-corrected chi connectivity index (χ4v) is 3.46. The van der Waals surface area contributed by atoms with Crippen molar-refractivity contribution in [2.75, 3.05) is 5.32 Å². The van der Waals surface area contributed by atoms with Crippen molar-refractivity contribution in [3.63, 3.8) is 0 Å².